The monoisotopic (exact) mass is 332 g/mol. The largest absolute Gasteiger partial charge is 0.495 e. The van der Waals surface area contributed by atoms with Crippen LogP contribution >= 0.6 is 11.6 Å². The van der Waals surface area contributed by atoms with Gasteiger partial charge in [-0.3, -0.25) is 9.59 Å². The molecule has 2 amide bonds. The molecule has 5 nitrogen and oxygen atoms in total. The Hall–Kier alpha value is -2.53. The van der Waals surface area contributed by atoms with Crippen molar-refractivity contribution >= 4 is 29.1 Å². The smallest absolute Gasteiger partial charge is 0.313 e. The van der Waals surface area contributed by atoms with E-state index in [0.29, 0.717) is 16.5 Å². The second kappa shape index (κ2) is 7.65. The van der Waals surface area contributed by atoms with Crippen molar-refractivity contribution in [2.75, 3.05) is 12.4 Å². The summed E-state index contributed by atoms with van der Waals surface area (Å²) in [6, 6.07) is 12.4. The molecule has 2 aromatic carbocycles. The van der Waals surface area contributed by atoms with E-state index < -0.39 is 11.8 Å². The Bertz CT molecular complexity index is 732. The van der Waals surface area contributed by atoms with E-state index >= 15 is 0 Å². The number of benzene rings is 2. The minimum Gasteiger partial charge on any atom is -0.495 e. The van der Waals surface area contributed by atoms with Gasteiger partial charge in [0.05, 0.1) is 12.1 Å². The highest BCUT2D eigenvalue weighted by atomic mass is 35.5. The Balaban J connectivity index is 1.92. The lowest BCUT2D eigenvalue weighted by Gasteiger charge is -2.09. The zero-order valence-electron chi connectivity index (χ0n) is 12.9. The van der Waals surface area contributed by atoms with E-state index in [0.717, 1.165) is 11.1 Å². The van der Waals surface area contributed by atoms with Crippen molar-refractivity contribution in [2.45, 2.75) is 13.5 Å². The summed E-state index contributed by atoms with van der Waals surface area (Å²) in [7, 11) is 1.50. The number of carbonyl (C=O) groups excluding carboxylic acids is 2. The number of halogens is 1. The molecule has 0 bridgehead atoms. The number of aryl methyl sites for hydroxylation is 1. The summed E-state index contributed by atoms with van der Waals surface area (Å²) in [6.07, 6.45) is 0. The van der Waals surface area contributed by atoms with E-state index in [2.05, 4.69) is 10.6 Å². The minimum absolute atomic E-state index is 0.289. The summed E-state index contributed by atoms with van der Waals surface area (Å²) in [5, 5.41) is 5.42. The number of hydrogen-bond donors (Lipinski definition) is 2. The van der Waals surface area contributed by atoms with Crippen LogP contribution in [0.5, 0.6) is 5.75 Å². The average molecular weight is 333 g/mol. The first-order chi connectivity index (χ1) is 11.0. The minimum atomic E-state index is -0.751. The van der Waals surface area contributed by atoms with Crippen molar-refractivity contribution < 1.29 is 14.3 Å². The lowest BCUT2D eigenvalue weighted by Crippen LogP contribution is -2.34. The van der Waals surface area contributed by atoms with Crippen LogP contribution in [0.25, 0.3) is 0 Å². The van der Waals surface area contributed by atoms with Crippen molar-refractivity contribution in [3.05, 3.63) is 58.6 Å². The maximum atomic E-state index is 11.9. The van der Waals surface area contributed by atoms with Crippen LogP contribution in [0, 0.1) is 6.92 Å². The van der Waals surface area contributed by atoms with Crippen LogP contribution in [0.3, 0.4) is 0 Å². The molecule has 0 aliphatic carbocycles. The van der Waals surface area contributed by atoms with Gasteiger partial charge < -0.3 is 15.4 Å². The highest BCUT2D eigenvalue weighted by Crippen LogP contribution is 2.27. The van der Waals surface area contributed by atoms with Crippen molar-refractivity contribution in [1.82, 2.24) is 5.32 Å². The fraction of sp³-hybridized carbons (Fsp3) is 0.176. The highest BCUT2D eigenvalue weighted by molar-refractivity contribution is 6.39. The first-order valence-electron chi connectivity index (χ1n) is 6.98. The summed E-state index contributed by atoms with van der Waals surface area (Å²) in [5.74, 6) is -0.967. The second-order valence-electron chi connectivity index (χ2n) is 4.98. The molecule has 0 aromatic heterocycles. The third kappa shape index (κ3) is 4.72. The van der Waals surface area contributed by atoms with Gasteiger partial charge in [0, 0.05) is 12.2 Å². The summed E-state index contributed by atoms with van der Waals surface area (Å²) >= 11 is 5.97. The fourth-order valence-corrected chi connectivity index (χ4v) is 2.27. The Morgan fingerprint density at radius 3 is 2.57 bits per heavy atom. The zero-order valence-corrected chi connectivity index (χ0v) is 13.6. The van der Waals surface area contributed by atoms with Crippen molar-refractivity contribution in [1.29, 1.82) is 0 Å². The number of methoxy groups -OCH3 is 1. The summed E-state index contributed by atoms with van der Waals surface area (Å²) < 4.78 is 5.03. The zero-order chi connectivity index (χ0) is 16.8. The molecule has 0 atom stereocenters. The molecular formula is C17H17ClN2O3. The Morgan fingerprint density at radius 1 is 1.13 bits per heavy atom. The fourth-order valence-electron chi connectivity index (χ4n) is 2.02. The van der Waals surface area contributed by atoms with E-state index in [-0.39, 0.29) is 6.54 Å². The molecule has 0 aliphatic rings. The molecule has 6 heteroatoms. The lowest BCUT2D eigenvalue weighted by molar-refractivity contribution is -0.136. The molecule has 0 spiro atoms. The average Bonchev–Trinajstić information content (AvgIpc) is 2.53. The van der Waals surface area contributed by atoms with E-state index in [1.807, 2.05) is 31.2 Å². The quantitative estimate of drug-likeness (QED) is 0.846. The number of hydrogen-bond acceptors (Lipinski definition) is 3. The molecule has 23 heavy (non-hydrogen) atoms. The van der Waals surface area contributed by atoms with Crippen molar-refractivity contribution in [3.63, 3.8) is 0 Å². The van der Waals surface area contributed by atoms with E-state index in [1.54, 1.807) is 12.1 Å². The maximum absolute atomic E-state index is 11.9. The molecule has 0 fully saturated rings. The number of anilines is 1. The molecule has 0 heterocycles. The lowest BCUT2D eigenvalue weighted by atomic mass is 10.1. The summed E-state index contributed by atoms with van der Waals surface area (Å²) in [5.41, 5.74) is 2.44. The molecule has 2 aromatic rings. The standard InChI is InChI=1S/C17H17ClN2O3/c1-11-4-3-5-12(8-11)10-19-16(21)17(22)20-13-6-7-15(23-2)14(18)9-13/h3-9H,10H2,1-2H3,(H,19,21)(H,20,22). The second-order valence-corrected chi connectivity index (χ2v) is 5.38. The Morgan fingerprint density at radius 2 is 1.91 bits per heavy atom. The van der Waals surface area contributed by atoms with Crippen LogP contribution in [0.2, 0.25) is 5.02 Å². The van der Waals surface area contributed by atoms with Crippen LogP contribution in [-0.2, 0) is 16.1 Å². The molecule has 0 aliphatic heterocycles. The molecule has 0 radical (unpaired) electrons. The molecular weight excluding hydrogens is 316 g/mol. The SMILES string of the molecule is COc1ccc(NC(=O)C(=O)NCc2cccc(C)c2)cc1Cl. The number of carbonyl (C=O) groups is 2. The summed E-state index contributed by atoms with van der Waals surface area (Å²) in [6.45, 7) is 2.25. The van der Waals surface area contributed by atoms with E-state index in [4.69, 9.17) is 16.3 Å². The van der Waals surface area contributed by atoms with E-state index in [9.17, 15) is 9.59 Å². The molecule has 0 saturated carbocycles. The number of nitrogens with one attached hydrogen (secondary N) is 2. The van der Waals surface area contributed by atoms with Gasteiger partial charge in [-0.25, -0.2) is 0 Å². The predicted octanol–water partition coefficient (Wildman–Crippen LogP) is 2.91. The van der Waals surface area contributed by atoms with Crippen LogP contribution in [0.4, 0.5) is 5.69 Å². The molecule has 2 N–H and O–H groups in total. The van der Waals surface area contributed by atoms with Crippen molar-refractivity contribution in [2.24, 2.45) is 0 Å². The third-order valence-corrected chi connectivity index (χ3v) is 3.45. The van der Waals surface area contributed by atoms with Crippen LogP contribution in [0.1, 0.15) is 11.1 Å². The first kappa shape index (κ1) is 16.8. The van der Waals surface area contributed by atoms with E-state index in [1.165, 1.54) is 13.2 Å². The first-order valence-corrected chi connectivity index (χ1v) is 7.35. The summed E-state index contributed by atoms with van der Waals surface area (Å²) in [4.78, 5) is 23.7. The Labute approximate surface area is 139 Å². The molecule has 120 valence electrons. The van der Waals surface area contributed by atoms with Gasteiger partial charge in [-0.05, 0) is 30.7 Å². The van der Waals surface area contributed by atoms with Gasteiger partial charge in [-0.2, -0.15) is 0 Å². The molecule has 0 unspecified atom stereocenters. The highest BCUT2D eigenvalue weighted by Gasteiger charge is 2.14. The van der Waals surface area contributed by atoms with Gasteiger partial charge >= 0.3 is 11.8 Å². The van der Waals surface area contributed by atoms with Crippen LogP contribution in [-0.4, -0.2) is 18.9 Å². The normalized spacial score (nSPS) is 10.0. The Kier molecular flexibility index (Phi) is 5.60. The van der Waals surface area contributed by atoms with Gasteiger partial charge in [0.2, 0.25) is 0 Å². The van der Waals surface area contributed by atoms with Gasteiger partial charge in [0.1, 0.15) is 5.75 Å². The molecule has 2 rings (SSSR count). The van der Waals surface area contributed by atoms with Crippen LogP contribution in [0.15, 0.2) is 42.5 Å². The van der Waals surface area contributed by atoms with Crippen molar-refractivity contribution in [3.8, 4) is 5.75 Å². The van der Waals surface area contributed by atoms with Crippen LogP contribution < -0.4 is 15.4 Å². The number of rotatable bonds is 4. The van der Waals surface area contributed by atoms with Gasteiger partial charge in [-0.1, -0.05) is 41.4 Å². The number of ether oxygens (including phenoxy) is 1. The van der Waals surface area contributed by atoms with Gasteiger partial charge in [0.15, 0.2) is 0 Å². The third-order valence-electron chi connectivity index (χ3n) is 3.15. The maximum Gasteiger partial charge on any atom is 0.313 e. The number of amides is 2. The predicted molar refractivity (Wildman–Crippen MR) is 89.7 cm³/mol. The molecule has 0 saturated heterocycles. The topological polar surface area (TPSA) is 67.4 Å². The van der Waals surface area contributed by atoms with Gasteiger partial charge in [0.25, 0.3) is 0 Å². The van der Waals surface area contributed by atoms with Gasteiger partial charge in [-0.15, -0.1) is 0 Å².